The molecule has 0 atom stereocenters. The van der Waals surface area contributed by atoms with Gasteiger partial charge in [0.15, 0.2) is 23.6 Å². The molecular weight excluding hydrogens is 631 g/mol. The molecule has 4 aromatic carbocycles. The van der Waals surface area contributed by atoms with Crippen LogP contribution in [0.3, 0.4) is 0 Å². The van der Waals surface area contributed by atoms with Crippen LogP contribution in [0.1, 0.15) is 10.4 Å². The molecule has 0 saturated carbocycles. The number of fused-ring (bicyclic) bond motifs is 1. The molecule has 46 heavy (non-hydrogen) atoms. The molecule has 0 spiro atoms. The second-order valence-electron chi connectivity index (χ2n) is 9.96. The van der Waals surface area contributed by atoms with Crippen LogP contribution in [0.25, 0.3) is 33.5 Å². The van der Waals surface area contributed by atoms with Gasteiger partial charge in [0.2, 0.25) is 5.75 Å². The van der Waals surface area contributed by atoms with Crippen molar-refractivity contribution in [2.24, 2.45) is 0 Å². The van der Waals surface area contributed by atoms with E-state index in [0.717, 1.165) is 7.94 Å². The van der Waals surface area contributed by atoms with Crippen LogP contribution in [0.4, 0.5) is 0 Å². The highest BCUT2D eigenvalue weighted by Crippen LogP contribution is 2.47. The number of hydrogen-bond acceptors (Lipinski definition) is 9. The van der Waals surface area contributed by atoms with E-state index in [1.54, 1.807) is 60.7 Å². The molecule has 6 rings (SSSR count). The molecule has 0 fully saturated rings. The van der Waals surface area contributed by atoms with Crippen molar-refractivity contribution in [2.75, 3.05) is 21.3 Å². The van der Waals surface area contributed by atoms with Crippen LogP contribution < -0.4 is 14.2 Å². The van der Waals surface area contributed by atoms with Gasteiger partial charge in [0.25, 0.3) is 20.0 Å². The van der Waals surface area contributed by atoms with E-state index >= 15 is 0 Å². The van der Waals surface area contributed by atoms with Crippen LogP contribution in [-0.2, 0) is 20.0 Å². The van der Waals surface area contributed by atoms with Crippen molar-refractivity contribution in [1.29, 1.82) is 0 Å². The van der Waals surface area contributed by atoms with E-state index in [1.807, 2.05) is 0 Å². The number of aldehydes is 1. The number of aromatic nitrogens is 3. The molecule has 0 saturated heterocycles. The lowest BCUT2D eigenvalue weighted by molar-refractivity contribution is 0.112. The summed E-state index contributed by atoms with van der Waals surface area (Å²) in [6.07, 6.45) is 3.19. The van der Waals surface area contributed by atoms with Crippen LogP contribution in [-0.4, -0.2) is 57.4 Å². The second kappa shape index (κ2) is 11.8. The maximum atomic E-state index is 14.2. The highest BCUT2D eigenvalue weighted by Gasteiger charge is 2.31. The van der Waals surface area contributed by atoms with Gasteiger partial charge in [-0.3, -0.25) is 4.79 Å². The fraction of sp³-hybridized carbons (Fsp3) is 0.0909. The molecule has 0 radical (unpaired) electrons. The van der Waals surface area contributed by atoms with Gasteiger partial charge in [-0.15, -0.1) is 0 Å². The lowest BCUT2D eigenvalue weighted by Gasteiger charge is -2.16. The smallest absolute Gasteiger partial charge is 0.269 e. The van der Waals surface area contributed by atoms with Gasteiger partial charge in [-0.2, -0.15) is 0 Å². The van der Waals surface area contributed by atoms with Crippen molar-refractivity contribution >= 4 is 37.2 Å². The van der Waals surface area contributed by atoms with Crippen molar-refractivity contribution in [1.82, 2.24) is 12.9 Å². The second-order valence-corrected chi connectivity index (χ2v) is 13.6. The largest absolute Gasteiger partial charge is 0.493 e. The molecule has 11 nitrogen and oxygen atoms in total. The summed E-state index contributed by atoms with van der Waals surface area (Å²) < 4.78 is 74.8. The Morgan fingerprint density at radius 3 is 1.80 bits per heavy atom. The number of carbonyl (C=O) groups excluding carboxylic acids is 1. The third-order valence-corrected chi connectivity index (χ3v) is 10.8. The number of carbonyl (C=O) groups is 1. The number of hydrogen-bond donors (Lipinski definition) is 0. The molecule has 0 N–H and O–H groups in total. The van der Waals surface area contributed by atoms with E-state index in [-0.39, 0.29) is 55.2 Å². The molecular formula is C33H27N3O8S2. The molecule has 234 valence electrons. The van der Waals surface area contributed by atoms with E-state index in [2.05, 4.69) is 0 Å². The molecule has 0 bridgehead atoms. The molecule has 0 aliphatic rings. The average Bonchev–Trinajstić information content (AvgIpc) is 3.71. The third kappa shape index (κ3) is 4.89. The van der Waals surface area contributed by atoms with Crippen LogP contribution >= 0.6 is 0 Å². The monoisotopic (exact) mass is 657 g/mol. The zero-order valence-electron chi connectivity index (χ0n) is 24.8. The van der Waals surface area contributed by atoms with Crippen molar-refractivity contribution in [3.8, 4) is 39.9 Å². The standard InChI is InChI=1S/C33H27N3O8S2/c1-42-29-18-22(21-37)30(32(44-3)31(29)43-2)27-20-36(46(40,41)24-14-8-5-9-15-24)33(34-27)26-19-35(28-17-11-10-16-25(26)28)45(38,39)23-12-6-4-7-13-23/h4-21H,1-3H3. The normalized spacial score (nSPS) is 11.8. The summed E-state index contributed by atoms with van der Waals surface area (Å²) in [6.45, 7) is 0. The summed E-state index contributed by atoms with van der Waals surface area (Å²) in [5.74, 6) is 0.381. The predicted octanol–water partition coefficient (Wildman–Crippen LogP) is 5.48. The van der Waals surface area contributed by atoms with Gasteiger partial charge in [-0.25, -0.2) is 29.8 Å². The molecule has 0 amide bonds. The van der Waals surface area contributed by atoms with Gasteiger partial charge in [0.05, 0.1) is 47.9 Å². The summed E-state index contributed by atoms with van der Waals surface area (Å²) in [4.78, 5) is 17.1. The van der Waals surface area contributed by atoms with Gasteiger partial charge >= 0.3 is 0 Å². The molecule has 2 heterocycles. The summed E-state index contributed by atoms with van der Waals surface area (Å²) in [5, 5.41) is 0.429. The predicted molar refractivity (Wildman–Crippen MR) is 172 cm³/mol. The number of benzene rings is 4. The van der Waals surface area contributed by atoms with E-state index < -0.39 is 20.0 Å². The summed E-state index contributed by atoms with van der Waals surface area (Å²) in [7, 11) is -4.24. The van der Waals surface area contributed by atoms with E-state index in [4.69, 9.17) is 19.2 Å². The quantitative estimate of drug-likeness (QED) is 0.175. The van der Waals surface area contributed by atoms with Crippen molar-refractivity contribution in [2.45, 2.75) is 9.79 Å². The first kappa shape index (κ1) is 30.6. The minimum Gasteiger partial charge on any atom is -0.493 e. The SMILES string of the molecule is COc1cc(C=O)c(-c2cn(S(=O)(=O)c3ccccc3)c(-c3cn(S(=O)(=O)c4ccccc4)c4ccccc34)n2)c(OC)c1OC. The van der Waals surface area contributed by atoms with Crippen LogP contribution in [0, 0.1) is 0 Å². The number of imidazole rings is 1. The molecule has 0 aliphatic heterocycles. The van der Waals surface area contributed by atoms with E-state index in [1.165, 1.54) is 64.1 Å². The zero-order valence-corrected chi connectivity index (χ0v) is 26.4. The van der Waals surface area contributed by atoms with Crippen LogP contribution in [0.2, 0.25) is 0 Å². The van der Waals surface area contributed by atoms with Crippen molar-refractivity contribution in [3.05, 3.63) is 109 Å². The van der Waals surface area contributed by atoms with Crippen molar-refractivity contribution in [3.63, 3.8) is 0 Å². The number of para-hydroxylation sites is 1. The zero-order chi connectivity index (χ0) is 32.6. The Bertz CT molecular complexity index is 2310. The highest BCUT2D eigenvalue weighted by atomic mass is 32.2. The lowest BCUT2D eigenvalue weighted by Crippen LogP contribution is -2.13. The van der Waals surface area contributed by atoms with Gasteiger partial charge < -0.3 is 14.2 Å². The summed E-state index contributed by atoms with van der Waals surface area (Å²) in [6, 6.07) is 23.8. The minimum atomic E-state index is -4.31. The van der Waals surface area contributed by atoms with Gasteiger partial charge in [-0.1, -0.05) is 54.6 Å². The Morgan fingerprint density at radius 1 is 0.674 bits per heavy atom. The van der Waals surface area contributed by atoms with Crippen LogP contribution in [0.5, 0.6) is 17.2 Å². The number of ether oxygens (including phenoxy) is 3. The number of rotatable bonds is 10. The van der Waals surface area contributed by atoms with Crippen molar-refractivity contribution < 1.29 is 35.8 Å². The van der Waals surface area contributed by atoms with Crippen LogP contribution in [0.15, 0.2) is 113 Å². The number of nitrogens with zero attached hydrogens (tertiary/aromatic N) is 3. The van der Waals surface area contributed by atoms with Gasteiger partial charge in [0, 0.05) is 28.9 Å². The average molecular weight is 658 g/mol. The molecule has 0 aliphatic carbocycles. The Kier molecular flexibility index (Phi) is 7.88. The summed E-state index contributed by atoms with van der Waals surface area (Å²) in [5.41, 5.74) is 0.827. The topological polar surface area (TPSA) is 136 Å². The van der Waals surface area contributed by atoms with Gasteiger partial charge in [0.1, 0.15) is 0 Å². The Morgan fingerprint density at radius 2 is 1.24 bits per heavy atom. The molecule has 6 aromatic rings. The Labute approximate surface area is 265 Å². The Hall–Kier alpha value is -5.40. The first-order chi connectivity index (χ1) is 22.2. The first-order valence-corrected chi connectivity index (χ1v) is 16.6. The number of methoxy groups -OCH3 is 3. The Balaban J connectivity index is 1.71. The first-order valence-electron chi connectivity index (χ1n) is 13.8. The van der Waals surface area contributed by atoms with Gasteiger partial charge in [-0.05, 0) is 36.4 Å². The maximum Gasteiger partial charge on any atom is 0.269 e. The minimum absolute atomic E-state index is 0.0317. The van der Waals surface area contributed by atoms with E-state index in [0.29, 0.717) is 17.2 Å². The molecule has 2 aromatic heterocycles. The molecule has 13 heteroatoms. The third-order valence-electron chi connectivity index (χ3n) is 7.44. The lowest BCUT2D eigenvalue weighted by atomic mass is 10.0. The fourth-order valence-electron chi connectivity index (χ4n) is 5.32. The summed E-state index contributed by atoms with van der Waals surface area (Å²) >= 11 is 0. The fourth-order valence-corrected chi connectivity index (χ4v) is 8.04. The van der Waals surface area contributed by atoms with E-state index in [9.17, 15) is 21.6 Å². The maximum absolute atomic E-state index is 14.2. The highest BCUT2D eigenvalue weighted by molar-refractivity contribution is 7.90. The molecule has 0 unspecified atom stereocenters.